The second-order valence-electron chi connectivity index (χ2n) is 8.40. The number of nitrogens with two attached hydrogens (primary N) is 1. The molecule has 9 nitrogen and oxygen atoms in total. The van der Waals surface area contributed by atoms with Gasteiger partial charge >= 0.3 is 62.4 Å². The van der Waals surface area contributed by atoms with Crippen molar-refractivity contribution in [1.82, 2.24) is 4.90 Å². The van der Waals surface area contributed by atoms with E-state index in [4.69, 9.17) is 30.5 Å². The molecule has 2 rings (SSSR count). The minimum Gasteiger partial charge on any atom is -0.461 e. The molecule has 0 unspecified atom stereocenters. The fourth-order valence-corrected chi connectivity index (χ4v) is 3.22. The van der Waals surface area contributed by atoms with Gasteiger partial charge in [-0.3, -0.25) is 9.59 Å². The predicted octanol–water partition coefficient (Wildman–Crippen LogP) is 1.80. The van der Waals surface area contributed by atoms with Crippen LogP contribution in [0.1, 0.15) is 43.2 Å². The molecule has 0 saturated carbocycles. The molecule has 0 aliphatic carbocycles. The van der Waals surface area contributed by atoms with E-state index in [2.05, 4.69) is 58.1 Å². The van der Waals surface area contributed by atoms with E-state index in [0.29, 0.717) is 65.4 Å². The molecular weight excluding hydrogens is 949 g/mol. The van der Waals surface area contributed by atoms with Crippen molar-refractivity contribution in [2.75, 3.05) is 51.3 Å². The number of esters is 2. The van der Waals surface area contributed by atoms with Gasteiger partial charge in [-0.25, -0.2) is 0 Å². The first-order valence-corrected chi connectivity index (χ1v) is 27.2. The molecule has 0 aliphatic heterocycles. The first-order chi connectivity index (χ1) is 20.4. The van der Waals surface area contributed by atoms with Gasteiger partial charge in [0.05, 0.1) is 12.8 Å². The summed E-state index contributed by atoms with van der Waals surface area (Å²) < 4.78 is 10.2. The maximum absolute atomic E-state index is 11.7. The molecule has 0 bridgehead atoms. The molecular formula is C29H45BrI3N2O7-. The molecule has 0 spiro atoms. The normalized spacial score (nSPS) is 9.90. The maximum Gasteiger partial charge on any atom is 0.307 e. The first-order valence-electron chi connectivity index (χ1n) is 13.5. The second-order valence-corrected chi connectivity index (χ2v) is 25.4. The Bertz CT molecular complexity index is 850. The number of rotatable bonds is 17. The summed E-state index contributed by atoms with van der Waals surface area (Å²) in [6.07, 6.45) is 2.81. The van der Waals surface area contributed by atoms with Crippen LogP contribution in [0.15, 0.2) is 60.7 Å². The Labute approximate surface area is 289 Å². The van der Waals surface area contributed by atoms with Crippen LogP contribution in [-0.4, -0.2) is 83.5 Å². The molecule has 13 heteroatoms. The first kappa shape index (κ1) is 44.0. The van der Waals surface area contributed by atoms with Gasteiger partial charge in [0, 0.05) is 51.3 Å². The van der Waals surface area contributed by atoms with Crippen LogP contribution >= 0.6 is 53.2 Å². The summed E-state index contributed by atoms with van der Waals surface area (Å²) in [5.41, 5.74) is 7.17. The molecule has 0 aromatic heterocycles. The molecule has 0 atom stereocenters. The standard InChI is InChI=1S/C16H25NO4.C10H13NO2.C3H7BrO.I3/c18-12-4-9-17(10-5-13-19)11-8-16(20)21-14-15-6-2-1-3-7-15;11-7-6-10(12)13-8-9-4-2-1-3-5-9;4-2-1-3-5;1-3-2/h1-3,6-7,18-19H,4-5,8-14H2;1-5H,6-8,11H2;5H,1-3H2;/q;;;-1. The Morgan fingerprint density at radius 3 is 1.48 bits per heavy atom. The van der Waals surface area contributed by atoms with Gasteiger partial charge in [0.2, 0.25) is 0 Å². The van der Waals surface area contributed by atoms with E-state index in [1.165, 1.54) is 0 Å². The average molecular weight is 994 g/mol. The smallest absolute Gasteiger partial charge is 0.307 e. The Hall–Kier alpha value is -0.150. The molecule has 0 fully saturated rings. The van der Waals surface area contributed by atoms with Crippen molar-refractivity contribution in [3.63, 3.8) is 0 Å². The van der Waals surface area contributed by atoms with E-state index in [1.54, 1.807) is 0 Å². The van der Waals surface area contributed by atoms with Crippen molar-refractivity contribution in [1.29, 1.82) is 0 Å². The number of aliphatic hydroxyl groups excluding tert-OH is 3. The molecule has 0 heterocycles. The number of carbonyl (C=O) groups excluding carboxylic acids is 2. The van der Waals surface area contributed by atoms with Crippen LogP contribution in [0.4, 0.5) is 0 Å². The van der Waals surface area contributed by atoms with Crippen molar-refractivity contribution < 1.29 is 47.6 Å². The third-order valence-electron chi connectivity index (χ3n) is 5.02. The van der Waals surface area contributed by atoms with Gasteiger partial charge in [0.15, 0.2) is 0 Å². The van der Waals surface area contributed by atoms with Gasteiger partial charge in [-0.1, -0.05) is 76.6 Å². The van der Waals surface area contributed by atoms with Crippen molar-refractivity contribution in [2.45, 2.75) is 45.3 Å². The topological polar surface area (TPSA) is 143 Å². The second kappa shape index (κ2) is 35.3. The monoisotopic (exact) mass is 993 g/mol. The molecule has 242 valence electrons. The maximum atomic E-state index is 11.7. The summed E-state index contributed by atoms with van der Waals surface area (Å²) >= 11 is 8.45. The van der Waals surface area contributed by atoms with Gasteiger partial charge in [-0.15, -0.1) is 0 Å². The van der Waals surface area contributed by atoms with Crippen LogP contribution in [0.2, 0.25) is 0 Å². The summed E-state index contributed by atoms with van der Waals surface area (Å²) in [4.78, 5) is 24.7. The third-order valence-corrected chi connectivity index (χ3v) is 5.58. The van der Waals surface area contributed by atoms with Crippen LogP contribution in [0, 0.1) is 0 Å². The van der Waals surface area contributed by atoms with Crippen LogP contribution < -0.4 is 19.0 Å². The van der Waals surface area contributed by atoms with Crippen molar-refractivity contribution in [3.05, 3.63) is 71.8 Å². The Balaban J connectivity index is 0. The predicted molar refractivity (Wildman–Crippen MR) is 184 cm³/mol. The van der Waals surface area contributed by atoms with Gasteiger partial charge in [0.1, 0.15) is 13.2 Å². The zero-order chi connectivity index (χ0) is 31.7. The van der Waals surface area contributed by atoms with Crippen molar-refractivity contribution >= 4 is 65.1 Å². The summed E-state index contributed by atoms with van der Waals surface area (Å²) in [6, 6.07) is 19.1. The number of nitrogens with zero attached hydrogens (tertiary/aromatic N) is 1. The van der Waals surface area contributed by atoms with Crippen molar-refractivity contribution in [3.8, 4) is 0 Å². The van der Waals surface area contributed by atoms with E-state index in [9.17, 15) is 9.59 Å². The minimum absolute atomic E-state index is 0.133. The molecule has 2 aromatic rings. The number of benzene rings is 2. The molecule has 0 aliphatic rings. The molecule has 5 N–H and O–H groups in total. The number of halogens is 4. The third kappa shape index (κ3) is 31.3. The number of hydrogen-bond donors (Lipinski definition) is 4. The van der Waals surface area contributed by atoms with Crippen LogP contribution in [0.3, 0.4) is 0 Å². The molecule has 42 heavy (non-hydrogen) atoms. The number of carbonyl (C=O) groups is 2. The minimum atomic E-state index is -0.244. The molecule has 2 aromatic carbocycles. The Morgan fingerprint density at radius 1 is 0.738 bits per heavy atom. The van der Waals surface area contributed by atoms with E-state index in [1.807, 2.05) is 60.7 Å². The van der Waals surface area contributed by atoms with Gasteiger partial charge in [-0.2, -0.15) is 0 Å². The molecule has 0 saturated heterocycles. The number of aliphatic hydroxyl groups is 3. The number of ether oxygens (including phenoxy) is 2. The van der Waals surface area contributed by atoms with Gasteiger partial charge in [0.25, 0.3) is 0 Å². The van der Waals surface area contributed by atoms with Gasteiger partial charge < -0.3 is 35.4 Å². The average Bonchev–Trinajstić information content (AvgIpc) is 3.01. The summed E-state index contributed by atoms with van der Waals surface area (Å²) in [5, 5.41) is 26.7. The van der Waals surface area contributed by atoms with Crippen molar-refractivity contribution in [2.24, 2.45) is 5.73 Å². The largest absolute Gasteiger partial charge is 0.461 e. The van der Waals surface area contributed by atoms with Gasteiger partial charge in [-0.05, 0) is 30.4 Å². The van der Waals surface area contributed by atoms with Crippen LogP contribution in [0.5, 0.6) is 0 Å². The Kier molecular flexibility index (Phi) is 37.0. The quantitative estimate of drug-likeness (QED) is 0.106. The van der Waals surface area contributed by atoms with E-state index in [0.717, 1.165) is 36.0 Å². The van der Waals surface area contributed by atoms with Crippen LogP contribution in [-0.2, 0) is 32.3 Å². The fraction of sp³-hybridized carbons (Fsp3) is 0.517. The molecule has 0 amide bonds. The van der Waals surface area contributed by atoms with E-state index in [-0.39, 0.29) is 31.6 Å². The zero-order valence-electron chi connectivity index (χ0n) is 23.9. The summed E-state index contributed by atoms with van der Waals surface area (Å²) in [6.45, 7) is 3.58. The van der Waals surface area contributed by atoms with Crippen LogP contribution in [0.25, 0.3) is 0 Å². The van der Waals surface area contributed by atoms with E-state index >= 15 is 0 Å². The fourth-order valence-electron chi connectivity index (χ4n) is 2.97. The van der Waals surface area contributed by atoms with E-state index < -0.39 is 0 Å². The number of hydrogen-bond acceptors (Lipinski definition) is 9. The SMILES string of the molecule is I[I-]I.NCCC(=O)OCc1ccccc1.O=C(CCN(CCCO)CCCO)OCc1ccccc1.OCCCBr. The molecule has 0 radical (unpaired) electrons. The zero-order valence-corrected chi connectivity index (χ0v) is 31.9. The Morgan fingerprint density at radius 2 is 1.14 bits per heavy atom. The summed E-state index contributed by atoms with van der Waals surface area (Å²) in [5.74, 6) is -0.469. The number of alkyl halides is 1. The summed E-state index contributed by atoms with van der Waals surface area (Å²) in [7, 11) is 0.